The van der Waals surface area contributed by atoms with Crippen LogP contribution in [-0.4, -0.2) is 5.25 Å². The van der Waals surface area contributed by atoms with Crippen molar-refractivity contribution in [3.05, 3.63) is 0 Å². The van der Waals surface area contributed by atoms with Gasteiger partial charge < -0.3 is 0 Å². The van der Waals surface area contributed by atoms with Gasteiger partial charge in [-0.15, -0.1) is 0 Å². The Balaban J connectivity index is 2.17. The average Bonchev–Trinajstić information content (AvgIpc) is 2.48. The van der Waals surface area contributed by atoms with Crippen molar-refractivity contribution in [1.82, 2.24) is 0 Å². The molecule has 1 fully saturated rings. The van der Waals surface area contributed by atoms with Crippen molar-refractivity contribution in [2.45, 2.75) is 57.6 Å². The quantitative estimate of drug-likeness (QED) is 0.632. The molecule has 0 aromatic heterocycles. The second-order valence-corrected chi connectivity index (χ2v) is 5.14. The molecule has 1 rings (SSSR count). The molecule has 0 nitrogen and oxygen atoms in total. The highest BCUT2D eigenvalue weighted by Crippen LogP contribution is 2.37. The van der Waals surface area contributed by atoms with E-state index in [1.807, 2.05) is 0 Å². The standard InChI is InChI=1S/C11H22S/c1-3-4-5-10-6-7-11(8-10)9(2)12/h9-12H,3-8H2,1-2H3. The van der Waals surface area contributed by atoms with Crippen molar-refractivity contribution >= 4 is 12.6 Å². The van der Waals surface area contributed by atoms with Crippen LogP contribution in [0.2, 0.25) is 0 Å². The van der Waals surface area contributed by atoms with Gasteiger partial charge in [0, 0.05) is 5.25 Å². The monoisotopic (exact) mass is 186 g/mol. The molecule has 0 bridgehead atoms. The Morgan fingerprint density at radius 2 is 2.17 bits per heavy atom. The maximum absolute atomic E-state index is 4.52. The van der Waals surface area contributed by atoms with E-state index in [4.69, 9.17) is 0 Å². The molecule has 0 radical (unpaired) electrons. The predicted molar refractivity (Wildman–Crippen MR) is 58.8 cm³/mol. The van der Waals surface area contributed by atoms with Crippen LogP contribution in [0, 0.1) is 11.8 Å². The Bertz CT molecular complexity index is 120. The van der Waals surface area contributed by atoms with E-state index in [1.54, 1.807) is 0 Å². The van der Waals surface area contributed by atoms with Gasteiger partial charge in [0.25, 0.3) is 0 Å². The van der Waals surface area contributed by atoms with Crippen LogP contribution < -0.4 is 0 Å². The lowest BCUT2D eigenvalue weighted by atomic mass is 9.98. The van der Waals surface area contributed by atoms with Gasteiger partial charge >= 0.3 is 0 Å². The van der Waals surface area contributed by atoms with Gasteiger partial charge in [0.15, 0.2) is 0 Å². The lowest BCUT2D eigenvalue weighted by molar-refractivity contribution is 0.449. The SMILES string of the molecule is CCCCC1CCC(C(C)S)C1. The van der Waals surface area contributed by atoms with Crippen LogP contribution in [0.3, 0.4) is 0 Å². The summed E-state index contributed by atoms with van der Waals surface area (Å²) >= 11 is 4.52. The summed E-state index contributed by atoms with van der Waals surface area (Å²) in [7, 11) is 0. The van der Waals surface area contributed by atoms with Gasteiger partial charge in [-0.2, -0.15) is 12.6 Å². The maximum Gasteiger partial charge on any atom is 0.00168 e. The van der Waals surface area contributed by atoms with Gasteiger partial charge in [-0.05, 0) is 24.7 Å². The van der Waals surface area contributed by atoms with Crippen LogP contribution in [0.5, 0.6) is 0 Å². The zero-order valence-electron chi connectivity index (χ0n) is 8.42. The lowest BCUT2D eigenvalue weighted by Crippen LogP contribution is -2.07. The van der Waals surface area contributed by atoms with E-state index in [1.165, 1.54) is 38.5 Å². The summed E-state index contributed by atoms with van der Waals surface area (Å²) in [5.41, 5.74) is 0. The lowest BCUT2D eigenvalue weighted by Gasteiger charge is -2.13. The molecule has 1 aliphatic rings. The van der Waals surface area contributed by atoms with E-state index in [-0.39, 0.29) is 0 Å². The normalized spacial score (nSPS) is 32.2. The van der Waals surface area contributed by atoms with Gasteiger partial charge in [0.1, 0.15) is 0 Å². The van der Waals surface area contributed by atoms with Crippen molar-refractivity contribution in [3.63, 3.8) is 0 Å². The molecule has 0 N–H and O–H groups in total. The first-order chi connectivity index (χ1) is 5.74. The summed E-state index contributed by atoms with van der Waals surface area (Å²) in [6, 6.07) is 0. The van der Waals surface area contributed by atoms with E-state index in [0.717, 1.165) is 11.8 Å². The highest BCUT2D eigenvalue weighted by Gasteiger charge is 2.26. The van der Waals surface area contributed by atoms with Crippen molar-refractivity contribution in [2.75, 3.05) is 0 Å². The minimum atomic E-state index is 0.622. The van der Waals surface area contributed by atoms with Crippen molar-refractivity contribution in [1.29, 1.82) is 0 Å². The number of hydrogen-bond acceptors (Lipinski definition) is 1. The van der Waals surface area contributed by atoms with E-state index >= 15 is 0 Å². The molecule has 1 aliphatic carbocycles. The number of hydrogen-bond donors (Lipinski definition) is 1. The van der Waals surface area contributed by atoms with Gasteiger partial charge in [0.05, 0.1) is 0 Å². The molecule has 3 unspecified atom stereocenters. The third-order valence-electron chi connectivity index (χ3n) is 3.23. The Hall–Kier alpha value is 0.350. The van der Waals surface area contributed by atoms with Gasteiger partial charge in [-0.3, -0.25) is 0 Å². The Kier molecular flexibility index (Phi) is 4.49. The van der Waals surface area contributed by atoms with Crippen molar-refractivity contribution in [2.24, 2.45) is 11.8 Å². The zero-order chi connectivity index (χ0) is 8.97. The van der Waals surface area contributed by atoms with E-state index in [2.05, 4.69) is 26.5 Å². The molecule has 72 valence electrons. The second kappa shape index (κ2) is 5.16. The number of rotatable bonds is 4. The third kappa shape index (κ3) is 3.01. The summed E-state index contributed by atoms with van der Waals surface area (Å²) in [5.74, 6) is 1.94. The molecule has 0 aromatic carbocycles. The summed E-state index contributed by atoms with van der Waals surface area (Å²) in [6.45, 7) is 4.53. The van der Waals surface area contributed by atoms with E-state index in [0.29, 0.717) is 5.25 Å². The molecule has 1 saturated carbocycles. The molecule has 0 spiro atoms. The fraction of sp³-hybridized carbons (Fsp3) is 1.00. The first-order valence-electron chi connectivity index (χ1n) is 5.42. The predicted octanol–water partition coefficient (Wildman–Crippen LogP) is 3.91. The summed E-state index contributed by atoms with van der Waals surface area (Å²) in [4.78, 5) is 0. The molecule has 0 saturated heterocycles. The molecular formula is C11H22S. The van der Waals surface area contributed by atoms with Crippen LogP contribution in [0.1, 0.15) is 52.4 Å². The minimum Gasteiger partial charge on any atom is -0.176 e. The Morgan fingerprint density at radius 3 is 2.67 bits per heavy atom. The molecule has 1 heteroatoms. The van der Waals surface area contributed by atoms with Crippen LogP contribution in [0.15, 0.2) is 0 Å². The highest BCUT2D eigenvalue weighted by molar-refractivity contribution is 7.80. The zero-order valence-corrected chi connectivity index (χ0v) is 9.32. The molecule has 0 amide bonds. The molecule has 3 atom stereocenters. The first-order valence-corrected chi connectivity index (χ1v) is 5.93. The largest absolute Gasteiger partial charge is 0.176 e. The van der Waals surface area contributed by atoms with Crippen LogP contribution in [0.25, 0.3) is 0 Å². The first kappa shape index (κ1) is 10.4. The van der Waals surface area contributed by atoms with E-state index < -0.39 is 0 Å². The molecule has 0 aromatic rings. The van der Waals surface area contributed by atoms with Crippen LogP contribution in [-0.2, 0) is 0 Å². The molecular weight excluding hydrogens is 164 g/mol. The highest BCUT2D eigenvalue weighted by atomic mass is 32.1. The van der Waals surface area contributed by atoms with Crippen molar-refractivity contribution in [3.8, 4) is 0 Å². The van der Waals surface area contributed by atoms with Gasteiger partial charge in [0.2, 0.25) is 0 Å². The fourth-order valence-corrected chi connectivity index (χ4v) is 2.58. The smallest absolute Gasteiger partial charge is 0.00168 e. The van der Waals surface area contributed by atoms with Crippen LogP contribution in [0.4, 0.5) is 0 Å². The molecule has 0 heterocycles. The summed E-state index contributed by atoms with van der Waals surface area (Å²) in [5, 5.41) is 0.622. The van der Waals surface area contributed by atoms with Gasteiger partial charge in [-0.25, -0.2) is 0 Å². The summed E-state index contributed by atoms with van der Waals surface area (Å²) < 4.78 is 0. The Morgan fingerprint density at radius 1 is 1.42 bits per heavy atom. The molecule has 12 heavy (non-hydrogen) atoms. The topological polar surface area (TPSA) is 0 Å². The minimum absolute atomic E-state index is 0.622. The van der Waals surface area contributed by atoms with E-state index in [9.17, 15) is 0 Å². The fourth-order valence-electron chi connectivity index (χ4n) is 2.31. The third-order valence-corrected chi connectivity index (χ3v) is 3.65. The summed E-state index contributed by atoms with van der Waals surface area (Å²) in [6.07, 6.45) is 8.60. The molecule has 0 aliphatic heterocycles. The van der Waals surface area contributed by atoms with Gasteiger partial charge in [-0.1, -0.05) is 39.5 Å². The maximum atomic E-state index is 4.52. The average molecular weight is 186 g/mol. The second-order valence-electron chi connectivity index (χ2n) is 4.32. The Labute approximate surface area is 82.5 Å². The number of unbranched alkanes of at least 4 members (excludes halogenated alkanes) is 1. The number of thiol groups is 1. The van der Waals surface area contributed by atoms with Crippen LogP contribution >= 0.6 is 12.6 Å². The van der Waals surface area contributed by atoms with Crippen molar-refractivity contribution < 1.29 is 0 Å².